The highest BCUT2D eigenvalue weighted by Gasteiger charge is 2.12. The van der Waals surface area contributed by atoms with Gasteiger partial charge in [0.2, 0.25) is 0 Å². The SMILES string of the molecule is Cc1cc(C(=O)Nc2cccc(C(=O)OC(C)C)c2)ccc1N(C)C. The van der Waals surface area contributed by atoms with Crippen LogP contribution in [0.2, 0.25) is 0 Å². The first kappa shape index (κ1) is 18.5. The molecule has 0 fully saturated rings. The molecule has 0 unspecified atom stereocenters. The lowest BCUT2D eigenvalue weighted by atomic mass is 10.1. The van der Waals surface area contributed by atoms with Crippen LogP contribution in [0.1, 0.15) is 40.1 Å². The van der Waals surface area contributed by atoms with Gasteiger partial charge in [-0.15, -0.1) is 0 Å². The van der Waals surface area contributed by atoms with Gasteiger partial charge < -0.3 is 15.0 Å². The molecule has 2 aromatic carbocycles. The first-order chi connectivity index (χ1) is 11.8. The highest BCUT2D eigenvalue weighted by Crippen LogP contribution is 2.20. The second-order valence-electron chi connectivity index (χ2n) is 6.38. The zero-order valence-electron chi connectivity index (χ0n) is 15.3. The molecule has 5 heteroatoms. The minimum Gasteiger partial charge on any atom is -0.459 e. The summed E-state index contributed by atoms with van der Waals surface area (Å²) in [6.45, 7) is 5.56. The van der Waals surface area contributed by atoms with Crippen LogP contribution >= 0.6 is 0 Å². The Balaban J connectivity index is 2.15. The van der Waals surface area contributed by atoms with Crippen LogP contribution in [0.15, 0.2) is 42.5 Å². The first-order valence-electron chi connectivity index (χ1n) is 8.18. The summed E-state index contributed by atoms with van der Waals surface area (Å²) in [6, 6.07) is 12.3. The third-order valence-corrected chi connectivity index (χ3v) is 3.64. The number of benzene rings is 2. The monoisotopic (exact) mass is 340 g/mol. The van der Waals surface area contributed by atoms with Crippen LogP contribution in [0.5, 0.6) is 0 Å². The summed E-state index contributed by atoms with van der Waals surface area (Å²) in [5, 5.41) is 2.82. The number of amides is 1. The molecule has 0 aromatic heterocycles. The molecule has 0 aliphatic carbocycles. The van der Waals surface area contributed by atoms with E-state index in [4.69, 9.17) is 4.74 Å². The summed E-state index contributed by atoms with van der Waals surface area (Å²) in [5.74, 6) is -0.625. The number of esters is 1. The molecule has 0 saturated heterocycles. The summed E-state index contributed by atoms with van der Waals surface area (Å²) < 4.78 is 5.18. The molecular weight excluding hydrogens is 316 g/mol. The second kappa shape index (κ2) is 7.83. The van der Waals surface area contributed by atoms with Crippen molar-refractivity contribution in [2.75, 3.05) is 24.3 Å². The summed E-state index contributed by atoms with van der Waals surface area (Å²) in [7, 11) is 3.92. The molecule has 0 radical (unpaired) electrons. The predicted octanol–water partition coefficient (Wildman–Crippen LogP) is 3.88. The van der Waals surface area contributed by atoms with E-state index in [1.165, 1.54) is 0 Å². The Hall–Kier alpha value is -2.82. The Labute approximate surface area is 148 Å². The van der Waals surface area contributed by atoms with Gasteiger partial charge in [-0.2, -0.15) is 0 Å². The highest BCUT2D eigenvalue weighted by atomic mass is 16.5. The van der Waals surface area contributed by atoms with Crippen molar-refractivity contribution < 1.29 is 14.3 Å². The van der Waals surface area contributed by atoms with E-state index in [1.54, 1.807) is 44.2 Å². The summed E-state index contributed by atoms with van der Waals surface area (Å²) >= 11 is 0. The Morgan fingerprint density at radius 3 is 2.36 bits per heavy atom. The lowest BCUT2D eigenvalue weighted by Gasteiger charge is -2.16. The standard InChI is InChI=1S/C20H24N2O3/c1-13(2)25-20(24)16-7-6-8-17(12-16)21-19(23)15-9-10-18(22(4)5)14(3)11-15/h6-13H,1-5H3,(H,21,23). The fourth-order valence-electron chi connectivity index (χ4n) is 2.51. The van der Waals surface area contributed by atoms with Gasteiger partial charge in [-0.05, 0) is 62.7 Å². The van der Waals surface area contributed by atoms with Gasteiger partial charge >= 0.3 is 5.97 Å². The van der Waals surface area contributed by atoms with Gasteiger partial charge in [-0.25, -0.2) is 4.79 Å². The number of nitrogens with zero attached hydrogens (tertiary/aromatic N) is 1. The molecule has 0 aliphatic rings. The normalized spacial score (nSPS) is 10.5. The van der Waals surface area contributed by atoms with E-state index in [0.29, 0.717) is 16.8 Å². The molecule has 1 amide bonds. The van der Waals surface area contributed by atoms with Crippen LogP contribution in [-0.4, -0.2) is 32.1 Å². The number of carbonyl (C=O) groups excluding carboxylic acids is 2. The molecule has 0 heterocycles. The maximum atomic E-state index is 12.5. The average molecular weight is 340 g/mol. The van der Waals surface area contributed by atoms with Crippen molar-refractivity contribution in [3.05, 3.63) is 59.2 Å². The van der Waals surface area contributed by atoms with Crippen LogP contribution in [0.25, 0.3) is 0 Å². The van der Waals surface area contributed by atoms with E-state index in [-0.39, 0.29) is 12.0 Å². The van der Waals surface area contributed by atoms with Crippen LogP contribution in [0.4, 0.5) is 11.4 Å². The lowest BCUT2D eigenvalue weighted by molar-refractivity contribution is 0.0378. The van der Waals surface area contributed by atoms with Crippen molar-refractivity contribution >= 4 is 23.3 Å². The van der Waals surface area contributed by atoms with E-state index in [2.05, 4.69) is 5.32 Å². The van der Waals surface area contributed by atoms with Crippen molar-refractivity contribution in [2.24, 2.45) is 0 Å². The number of aryl methyl sites for hydroxylation is 1. The van der Waals surface area contributed by atoms with Gasteiger partial charge in [0.1, 0.15) is 0 Å². The predicted molar refractivity (Wildman–Crippen MR) is 100 cm³/mol. The van der Waals surface area contributed by atoms with Crippen molar-refractivity contribution in [3.63, 3.8) is 0 Å². The van der Waals surface area contributed by atoms with Crippen molar-refractivity contribution in [1.82, 2.24) is 0 Å². The molecule has 25 heavy (non-hydrogen) atoms. The van der Waals surface area contributed by atoms with Crippen molar-refractivity contribution in [2.45, 2.75) is 26.9 Å². The van der Waals surface area contributed by atoms with E-state index in [9.17, 15) is 9.59 Å². The summed E-state index contributed by atoms with van der Waals surface area (Å²) in [4.78, 5) is 26.4. The van der Waals surface area contributed by atoms with Crippen molar-refractivity contribution in [3.8, 4) is 0 Å². The van der Waals surface area contributed by atoms with Crippen molar-refractivity contribution in [1.29, 1.82) is 0 Å². The molecule has 0 saturated carbocycles. The first-order valence-corrected chi connectivity index (χ1v) is 8.18. The fourth-order valence-corrected chi connectivity index (χ4v) is 2.51. The topological polar surface area (TPSA) is 58.6 Å². The van der Waals surface area contributed by atoms with Crippen LogP contribution in [0, 0.1) is 6.92 Å². The molecule has 2 aromatic rings. The highest BCUT2D eigenvalue weighted by molar-refractivity contribution is 6.05. The zero-order chi connectivity index (χ0) is 18.6. The minimum absolute atomic E-state index is 0.191. The average Bonchev–Trinajstić information content (AvgIpc) is 2.54. The second-order valence-corrected chi connectivity index (χ2v) is 6.38. The summed E-state index contributed by atoms with van der Waals surface area (Å²) in [6.07, 6.45) is -0.191. The summed E-state index contributed by atoms with van der Waals surface area (Å²) in [5.41, 5.74) is 3.61. The third-order valence-electron chi connectivity index (χ3n) is 3.64. The Bertz CT molecular complexity index is 782. The number of anilines is 2. The number of hydrogen-bond donors (Lipinski definition) is 1. The molecule has 0 bridgehead atoms. The molecule has 132 valence electrons. The Morgan fingerprint density at radius 1 is 1.04 bits per heavy atom. The van der Waals surface area contributed by atoms with Gasteiger partial charge in [0, 0.05) is 31.0 Å². The number of carbonyl (C=O) groups is 2. The number of nitrogens with one attached hydrogen (secondary N) is 1. The molecule has 0 spiro atoms. The van der Waals surface area contributed by atoms with Gasteiger partial charge in [-0.1, -0.05) is 6.07 Å². The van der Waals surface area contributed by atoms with Gasteiger partial charge in [0.05, 0.1) is 11.7 Å². The third kappa shape index (κ3) is 4.83. The number of rotatable bonds is 5. The fraction of sp³-hybridized carbons (Fsp3) is 0.300. The number of ether oxygens (including phenoxy) is 1. The largest absolute Gasteiger partial charge is 0.459 e. The van der Waals surface area contributed by atoms with Gasteiger partial charge in [-0.3, -0.25) is 4.79 Å². The number of hydrogen-bond acceptors (Lipinski definition) is 4. The smallest absolute Gasteiger partial charge is 0.338 e. The minimum atomic E-state index is -0.405. The quantitative estimate of drug-likeness (QED) is 0.839. The van der Waals surface area contributed by atoms with Crippen LogP contribution in [0.3, 0.4) is 0 Å². The molecule has 0 aliphatic heterocycles. The van der Waals surface area contributed by atoms with E-state index in [0.717, 1.165) is 11.3 Å². The van der Waals surface area contributed by atoms with E-state index in [1.807, 2.05) is 38.1 Å². The molecule has 0 atom stereocenters. The maximum Gasteiger partial charge on any atom is 0.338 e. The zero-order valence-corrected chi connectivity index (χ0v) is 15.3. The molecule has 1 N–H and O–H groups in total. The Morgan fingerprint density at radius 2 is 1.76 bits per heavy atom. The van der Waals surface area contributed by atoms with Gasteiger partial charge in [0.25, 0.3) is 5.91 Å². The van der Waals surface area contributed by atoms with Crippen LogP contribution in [-0.2, 0) is 4.74 Å². The van der Waals surface area contributed by atoms with E-state index >= 15 is 0 Å². The van der Waals surface area contributed by atoms with Gasteiger partial charge in [0.15, 0.2) is 0 Å². The maximum absolute atomic E-state index is 12.5. The molecule has 5 nitrogen and oxygen atoms in total. The molecule has 2 rings (SSSR count). The van der Waals surface area contributed by atoms with Crippen LogP contribution < -0.4 is 10.2 Å². The Kier molecular flexibility index (Phi) is 5.80. The lowest BCUT2D eigenvalue weighted by Crippen LogP contribution is -2.15. The molecular formula is C20H24N2O3. The van der Waals surface area contributed by atoms with E-state index < -0.39 is 5.97 Å².